The third-order valence-corrected chi connectivity index (χ3v) is 3.80. The number of anilines is 1. The van der Waals surface area contributed by atoms with Gasteiger partial charge in [0, 0.05) is 19.3 Å². The monoisotopic (exact) mass is 243 g/mol. The first-order chi connectivity index (χ1) is 8.59. The molecule has 0 aliphatic heterocycles. The summed E-state index contributed by atoms with van der Waals surface area (Å²) >= 11 is 0. The Morgan fingerprint density at radius 3 is 2.44 bits per heavy atom. The van der Waals surface area contributed by atoms with E-state index in [9.17, 15) is 5.26 Å². The summed E-state index contributed by atoms with van der Waals surface area (Å²) in [4.78, 5) is 2.08. The van der Waals surface area contributed by atoms with Gasteiger partial charge in [0.25, 0.3) is 0 Å². The van der Waals surface area contributed by atoms with Crippen LogP contribution >= 0.6 is 0 Å². The summed E-state index contributed by atoms with van der Waals surface area (Å²) in [6.07, 6.45) is 3.23. The molecule has 0 radical (unpaired) electrons. The highest BCUT2D eigenvalue weighted by molar-refractivity contribution is 5.48. The lowest BCUT2D eigenvalue weighted by atomic mass is 9.95. The fourth-order valence-corrected chi connectivity index (χ4v) is 2.32. The summed E-state index contributed by atoms with van der Waals surface area (Å²) in [6, 6.07) is 10.8. The maximum atomic E-state index is 9.27. The van der Waals surface area contributed by atoms with Crippen molar-refractivity contribution >= 4 is 5.69 Å². The number of aryl methyl sites for hydroxylation is 1. The summed E-state index contributed by atoms with van der Waals surface area (Å²) in [5, 5.41) is 9.27. The third kappa shape index (κ3) is 2.65. The Morgan fingerprint density at radius 1 is 1.39 bits per heavy atom. The van der Waals surface area contributed by atoms with Crippen LogP contribution in [0.3, 0.4) is 0 Å². The smallest absolute Gasteiger partial charge is 0.124 e. The molecule has 18 heavy (non-hydrogen) atoms. The van der Waals surface area contributed by atoms with E-state index in [1.165, 1.54) is 5.56 Å². The second kappa shape index (κ2) is 4.99. The number of nitriles is 1. The Bertz CT molecular complexity index is 442. The van der Waals surface area contributed by atoms with Gasteiger partial charge in [-0.15, -0.1) is 0 Å². The lowest BCUT2D eigenvalue weighted by Crippen LogP contribution is -2.50. The molecule has 1 atom stereocenters. The van der Waals surface area contributed by atoms with Crippen LogP contribution in [0.4, 0.5) is 5.69 Å². The molecule has 2 N–H and O–H groups in total. The van der Waals surface area contributed by atoms with Gasteiger partial charge < -0.3 is 10.6 Å². The summed E-state index contributed by atoms with van der Waals surface area (Å²) in [5.74, 6) is 0.375. The minimum absolute atomic E-state index is 0.375. The molecule has 1 fully saturated rings. The van der Waals surface area contributed by atoms with Gasteiger partial charge in [0.2, 0.25) is 0 Å². The number of likely N-dealkylation sites (N-methyl/N-ethyl adjacent to an activating group) is 1. The Labute approximate surface area is 109 Å². The first kappa shape index (κ1) is 12.9. The van der Waals surface area contributed by atoms with Crippen LogP contribution in [0.15, 0.2) is 24.3 Å². The Morgan fingerprint density at radius 2 is 2.00 bits per heavy atom. The van der Waals surface area contributed by atoms with Crippen LogP contribution in [0.1, 0.15) is 25.3 Å². The zero-order valence-corrected chi connectivity index (χ0v) is 11.2. The van der Waals surface area contributed by atoms with Crippen LogP contribution in [-0.2, 0) is 6.42 Å². The fourth-order valence-electron chi connectivity index (χ4n) is 2.32. The molecule has 0 bridgehead atoms. The SMILES string of the molecule is CCc1ccc(N(C)CC(N)(C#N)C2CC2)cc1. The second-order valence-corrected chi connectivity index (χ2v) is 5.30. The van der Waals surface area contributed by atoms with E-state index in [1.807, 2.05) is 7.05 Å². The van der Waals surface area contributed by atoms with Crippen molar-refractivity contribution in [3.8, 4) is 6.07 Å². The zero-order valence-electron chi connectivity index (χ0n) is 11.2. The number of hydrogen-bond acceptors (Lipinski definition) is 3. The van der Waals surface area contributed by atoms with Gasteiger partial charge in [0.1, 0.15) is 5.54 Å². The van der Waals surface area contributed by atoms with Crippen molar-refractivity contribution in [2.24, 2.45) is 11.7 Å². The lowest BCUT2D eigenvalue weighted by molar-refractivity contribution is 0.476. The molecule has 0 saturated heterocycles. The molecule has 96 valence electrons. The molecule has 0 aromatic heterocycles. The van der Waals surface area contributed by atoms with E-state index >= 15 is 0 Å². The van der Waals surface area contributed by atoms with E-state index in [0.717, 1.165) is 24.9 Å². The van der Waals surface area contributed by atoms with Gasteiger partial charge in [-0.2, -0.15) is 5.26 Å². The van der Waals surface area contributed by atoms with E-state index in [0.29, 0.717) is 12.5 Å². The molecule has 1 unspecified atom stereocenters. The number of rotatable bonds is 5. The van der Waals surface area contributed by atoms with Crippen LogP contribution in [0.2, 0.25) is 0 Å². The zero-order chi connectivity index (χ0) is 13.2. The van der Waals surface area contributed by atoms with Crippen LogP contribution < -0.4 is 10.6 Å². The molecular formula is C15H21N3. The summed E-state index contributed by atoms with van der Waals surface area (Å²) in [5.41, 5.74) is 7.95. The number of benzene rings is 1. The van der Waals surface area contributed by atoms with Crippen LogP contribution in [0.5, 0.6) is 0 Å². The molecule has 0 heterocycles. The molecule has 1 aliphatic carbocycles. The van der Waals surface area contributed by atoms with Crippen LogP contribution in [0.25, 0.3) is 0 Å². The largest absolute Gasteiger partial charge is 0.372 e. The van der Waals surface area contributed by atoms with E-state index in [1.54, 1.807) is 0 Å². The van der Waals surface area contributed by atoms with E-state index in [2.05, 4.69) is 42.2 Å². The molecule has 0 amide bonds. The van der Waals surface area contributed by atoms with Gasteiger partial charge in [0.15, 0.2) is 0 Å². The Kier molecular flexibility index (Phi) is 3.58. The van der Waals surface area contributed by atoms with E-state index in [4.69, 9.17) is 5.73 Å². The Balaban J connectivity index is 2.06. The van der Waals surface area contributed by atoms with E-state index in [-0.39, 0.29) is 0 Å². The number of nitrogens with two attached hydrogens (primary N) is 1. The van der Waals surface area contributed by atoms with E-state index < -0.39 is 5.54 Å². The lowest BCUT2D eigenvalue weighted by Gasteiger charge is -2.29. The van der Waals surface area contributed by atoms with Crippen molar-refractivity contribution < 1.29 is 0 Å². The Hall–Kier alpha value is -1.53. The van der Waals surface area contributed by atoms with Crippen molar-refractivity contribution in [2.75, 3.05) is 18.5 Å². The number of nitrogens with zero attached hydrogens (tertiary/aromatic N) is 2. The maximum absolute atomic E-state index is 9.27. The third-order valence-electron chi connectivity index (χ3n) is 3.80. The molecule has 3 nitrogen and oxygen atoms in total. The summed E-state index contributed by atoms with van der Waals surface area (Å²) in [6.45, 7) is 2.74. The standard InChI is InChI=1S/C15H21N3/c1-3-12-4-8-14(9-5-12)18(2)11-15(17,10-16)13-6-7-13/h4-5,8-9,13H,3,6-7,11,17H2,1-2H3. The fraction of sp³-hybridized carbons (Fsp3) is 0.533. The minimum Gasteiger partial charge on any atom is -0.372 e. The van der Waals surface area contributed by atoms with Crippen molar-refractivity contribution in [3.63, 3.8) is 0 Å². The van der Waals surface area contributed by atoms with Gasteiger partial charge in [-0.1, -0.05) is 19.1 Å². The predicted octanol–water partition coefficient (Wildman–Crippen LogP) is 2.32. The average Bonchev–Trinajstić information content (AvgIpc) is 3.23. The van der Waals surface area contributed by atoms with Crippen LogP contribution in [0, 0.1) is 17.2 Å². The first-order valence-corrected chi connectivity index (χ1v) is 6.59. The van der Waals surface area contributed by atoms with Crippen molar-refractivity contribution in [2.45, 2.75) is 31.7 Å². The molecule has 1 aliphatic rings. The van der Waals surface area contributed by atoms with Crippen LogP contribution in [-0.4, -0.2) is 19.1 Å². The molecular weight excluding hydrogens is 222 g/mol. The molecule has 1 aromatic rings. The molecule has 1 saturated carbocycles. The molecule has 2 rings (SSSR count). The average molecular weight is 243 g/mol. The highest BCUT2D eigenvalue weighted by Crippen LogP contribution is 2.38. The predicted molar refractivity (Wildman–Crippen MR) is 74.3 cm³/mol. The summed E-state index contributed by atoms with van der Waals surface area (Å²) < 4.78 is 0. The van der Waals surface area contributed by atoms with Crippen molar-refractivity contribution in [3.05, 3.63) is 29.8 Å². The van der Waals surface area contributed by atoms with Gasteiger partial charge >= 0.3 is 0 Å². The second-order valence-electron chi connectivity index (χ2n) is 5.30. The van der Waals surface area contributed by atoms with Gasteiger partial charge in [0.05, 0.1) is 6.07 Å². The van der Waals surface area contributed by atoms with Crippen molar-refractivity contribution in [1.29, 1.82) is 5.26 Å². The normalized spacial score (nSPS) is 17.9. The molecule has 1 aromatic carbocycles. The summed E-state index contributed by atoms with van der Waals surface area (Å²) in [7, 11) is 2.00. The number of hydrogen-bond donors (Lipinski definition) is 1. The van der Waals surface area contributed by atoms with Gasteiger partial charge in [-0.05, 0) is 42.9 Å². The van der Waals surface area contributed by atoms with Gasteiger partial charge in [-0.3, -0.25) is 0 Å². The quantitative estimate of drug-likeness (QED) is 0.863. The maximum Gasteiger partial charge on any atom is 0.124 e. The topological polar surface area (TPSA) is 53.0 Å². The highest BCUT2D eigenvalue weighted by atomic mass is 15.1. The van der Waals surface area contributed by atoms with Gasteiger partial charge in [-0.25, -0.2) is 0 Å². The first-order valence-electron chi connectivity index (χ1n) is 6.59. The molecule has 3 heteroatoms. The minimum atomic E-state index is -0.696. The molecule has 0 spiro atoms. The highest BCUT2D eigenvalue weighted by Gasteiger charge is 2.43. The van der Waals surface area contributed by atoms with Crippen molar-refractivity contribution in [1.82, 2.24) is 0 Å².